The highest BCUT2D eigenvalue weighted by atomic mass is 32.1. The van der Waals surface area contributed by atoms with Crippen molar-refractivity contribution in [2.24, 2.45) is 4.99 Å². The van der Waals surface area contributed by atoms with Gasteiger partial charge < -0.3 is 14.8 Å². The number of morpholine rings is 1. The maximum absolute atomic E-state index is 12.0. The van der Waals surface area contributed by atoms with Crippen molar-refractivity contribution in [2.45, 2.75) is 6.92 Å². The second-order valence-electron chi connectivity index (χ2n) is 5.42. The molecule has 1 aromatic rings. The van der Waals surface area contributed by atoms with Crippen molar-refractivity contribution < 1.29 is 14.3 Å². The number of hydrogen-bond acceptors (Lipinski definition) is 8. The number of aromatic nitrogens is 1. The molecule has 0 bridgehead atoms. The Bertz CT molecular complexity index is 647. The lowest BCUT2D eigenvalue weighted by Crippen LogP contribution is -2.42. The van der Waals surface area contributed by atoms with Gasteiger partial charge in [0.05, 0.1) is 32.4 Å². The molecule has 124 valence electrons. The van der Waals surface area contributed by atoms with E-state index in [-0.39, 0.29) is 5.97 Å². The molecule has 2 aliphatic rings. The van der Waals surface area contributed by atoms with Crippen LogP contribution in [0.25, 0.3) is 0 Å². The van der Waals surface area contributed by atoms with E-state index in [1.807, 2.05) is 12.3 Å². The molecule has 3 rings (SSSR count). The summed E-state index contributed by atoms with van der Waals surface area (Å²) in [7, 11) is 1.39. The molecular formula is C15H20N4O3S. The SMILES string of the molecule is COC(=O)C1=C(CN2CCOCC2)NC(c2nc(C)cs2)=NC1. The third kappa shape index (κ3) is 3.77. The predicted octanol–water partition coefficient (Wildman–Crippen LogP) is 0.561. The molecule has 2 aliphatic heterocycles. The van der Waals surface area contributed by atoms with E-state index in [0.29, 0.717) is 31.9 Å². The van der Waals surface area contributed by atoms with Crippen LogP contribution in [0.1, 0.15) is 10.7 Å². The van der Waals surface area contributed by atoms with Gasteiger partial charge in [-0.05, 0) is 6.92 Å². The summed E-state index contributed by atoms with van der Waals surface area (Å²) in [5, 5.41) is 6.12. The number of nitrogens with zero attached hydrogens (tertiary/aromatic N) is 3. The number of ether oxygens (including phenoxy) is 2. The fraction of sp³-hybridized carbons (Fsp3) is 0.533. The van der Waals surface area contributed by atoms with Crippen molar-refractivity contribution >= 4 is 23.1 Å². The monoisotopic (exact) mass is 336 g/mol. The quantitative estimate of drug-likeness (QED) is 0.810. The third-order valence-electron chi connectivity index (χ3n) is 3.77. The zero-order valence-electron chi connectivity index (χ0n) is 13.3. The number of thiazole rings is 1. The first-order valence-electron chi connectivity index (χ1n) is 7.52. The highest BCUT2D eigenvalue weighted by Crippen LogP contribution is 2.17. The van der Waals surface area contributed by atoms with Crippen molar-refractivity contribution in [3.63, 3.8) is 0 Å². The molecule has 0 spiro atoms. The summed E-state index contributed by atoms with van der Waals surface area (Å²) in [5.41, 5.74) is 2.39. The average Bonchev–Trinajstić information content (AvgIpc) is 3.01. The smallest absolute Gasteiger partial charge is 0.337 e. The Balaban J connectivity index is 1.79. The molecule has 0 aromatic carbocycles. The molecule has 8 heteroatoms. The summed E-state index contributed by atoms with van der Waals surface area (Å²) in [6.07, 6.45) is 0. The van der Waals surface area contributed by atoms with Gasteiger partial charge >= 0.3 is 5.97 Å². The van der Waals surface area contributed by atoms with Crippen LogP contribution in [0.3, 0.4) is 0 Å². The molecule has 23 heavy (non-hydrogen) atoms. The number of rotatable bonds is 4. The summed E-state index contributed by atoms with van der Waals surface area (Å²) in [4.78, 5) is 23.2. The minimum atomic E-state index is -0.334. The van der Waals surface area contributed by atoms with Gasteiger partial charge in [0.15, 0.2) is 10.8 Å². The Morgan fingerprint density at radius 1 is 1.48 bits per heavy atom. The van der Waals surface area contributed by atoms with E-state index in [1.165, 1.54) is 7.11 Å². The van der Waals surface area contributed by atoms with Crippen LogP contribution < -0.4 is 5.32 Å². The highest BCUT2D eigenvalue weighted by Gasteiger charge is 2.25. The number of esters is 1. The molecule has 3 heterocycles. The minimum absolute atomic E-state index is 0.313. The zero-order valence-corrected chi connectivity index (χ0v) is 14.1. The Kier molecular flexibility index (Phi) is 5.04. The first-order valence-corrected chi connectivity index (χ1v) is 8.39. The van der Waals surface area contributed by atoms with Gasteiger partial charge in [-0.15, -0.1) is 11.3 Å². The van der Waals surface area contributed by atoms with E-state index in [2.05, 4.69) is 20.2 Å². The van der Waals surface area contributed by atoms with Crippen LogP contribution in [0, 0.1) is 6.92 Å². The highest BCUT2D eigenvalue weighted by molar-refractivity contribution is 7.11. The number of hydrogen-bond donors (Lipinski definition) is 1. The fourth-order valence-corrected chi connectivity index (χ4v) is 3.28. The molecule has 1 fully saturated rings. The fourth-order valence-electron chi connectivity index (χ4n) is 2.52. The van der Waals surface area contributed by atoms with Crippen LogP contribution in [0.4, 0.5) is 0 Å². The molecule has 1 aromatic heterocycles. The van der Waals surface area contributed by atoms with E-state index >= 15 is 0 Å². The number of methoxy groups -OCH3 is 1. The molecule has 0 amide bonds. The molecule has 0 aliphatic carbocycles. The topological polar surface area (TPSA) is 76.0 Å². The lowest BCUT2D eigenvalue weighted by atomic mass is 10.1. The van der Waals surface area contributed by atoms with Gasteiger partial charge in [-0.1, -0.05) is 0 Å². The number of aliphatic imine (C=N–C) groups is 1. The van der Waals surface area contributed by atoms with E-state index in [4.69, 9.17) is 9.47 Å². The number of carbonyl (C=O) groups is 1. The Morgan fingerprint density at radius 2 is 2.26 bits per heavy atom. The number of amidine groups is 1. The molecule has 1 N–H and O–H groups in total. The van der Waals surface area contributed by atoms with E-state index in [0.717, 1.165) is 35.3 Å². The summed E-state index contributed by atoms with van der Waals surface area (Å²) >= 11 is 1.54. The van der Waals surface area contributed by atoms with Gasteiger partial charge in [0.2, 0.25) is 0 Å². The maximum Gasteiger partial charge on any atom is 0.337 e. The average molecular weight is 336 g/mol. The van der Waals surface area contributed by atoms with E-state index < -0.39 is 0 Å². The Hall–Kier alpha value is -1.77. The van der Waals surface area contributed by atoms with Crippen molar-refractivity contribution in [3.8, 4) is 0 Å². The van der Waals surface area contributed by atoms with Crippen molar-refractivity contribution in [1.82, 2.24) is 15.2 Å². The number of nitrogens with one attached hydrogen (secondary N) is 1. The molecule has 0 atom stereocenters. The second kappa shape index (κ2) is 7.20. The van der Waals surface area contributed by atoms with Crippen LogP contribution in [0.15, 0.2) is 21.6 Å². The zero-order chi connectivity index (χ0) is 16.2. The van der Waals surface area contributed by atoms with Crippen LogP contribution in [0.2, 0.25) is 0 Å². The molecule has 1 saturated heterocycles. The Morgan fingerprint density at radius 3 is 2.91 bits per heavy atom. The molecular weight excluding hydrogens is 316 g/mol. The van der Waals surface area contributed by atoms with Crippen molar-refractivity contribution in [1.29, 1.82) is 0 Å². The van der Waals surface area contributed by atoms with Crippen molar-refractivity contribution in [2.75, 3.05) is 46.5 Å². The van der Waals surface area contributed by atoms with Crippen LogP contribution >= 0.6 is 11.3 Å². The molecule has 0 saturated carbocycles. The predicted molar refractivity (Wildman–Crippen MR) is 87.7 cm³/mol. The molecule has 0 radical (unpaired) electrons. The van der Waals surface area contributed by atoms with Gasteiger partial charge in [-0.3, -0.25) is 9.89 Å². The second-order valence-corrected chi connectivity index (χ2v) is 6.28. The van der Waals surface area contributed by atoms with Gasteiger partial charge in [-0.2, -0.15) is 0 Å². The van der Waals surface area contributed by atoms with Gasteiger partial charge in [0, 0.05) is 36.4 Å². The van der Waals surface area contributed by atoms with Crippen LogP contribution in [-0.4, -0.2) is 68.2 Å². The minimum Gasteiger partial charge on any atom is -0.466 e. The number of aryl methyl sites for hydroxylation is 1. The summed E-state index contributed by atoms with van der Waals surface area (Å²) in [6.45, 7) is 6.05. The van der Waals surface area contributed by atoms with Gasteiger partial charge in [0.1, 0.15) is 0 Å². The summed E-state index contributed by atoms with van der Waals surface area (Å²) in [6, 6.07) is 0. The van der Waals surface area contributed by atoms with Gasteiger partial charge in [0.25, 0.3) is 0 Å². The first-order chi connectivity index (χ1) is 11.2. The summed E-state index contributed by atoms with van der Waals surface area (Å²) < 4.78 is 10.3. The molecule has 0 unspecified atom stereocenters. The third-order valence-corrected chi connectivity index (χ3v) is 4.73. The summed E-state index contributed by atoms with van der Waals surface area (Å²) in [5.74, 6) is 0.387. The van der Waals surface area contributed by atoms with Crippen LogP contribution in [0.5, 0.6) is 0 Å². The van der Waals surface area contributed by atoms with Crippen molar-refractivity contribution in [3.05, 3.63) is 27.4 Å². The number of carbonyl (C=O) groups excluding carboxylic acids is 1. The largest absolute Gasteiger partial charge is 0.466 e. The lowest BCUT2D eigenvalue weighted by molar-refractivity contribution is -0.136. The normalized spacial score (nSPS) is 19.3. The standard InChI is InChI=1S/C15H20N4O3S/c1-10-9-23-14(17-10)13-16-7-11(15(20)21-2)12(18-13)8-19-3-5-22-6-4-19/h9H,3-8H2,1-2H3,(H,16,18). The van der Waals surface area contributed by atoms with Gasteiger partial charge in [-0.25, -0.2) is 9.78 Å². The van der Waals surface area contributed by atoms with E-state index in [9.17, 15) is 4.79 Å². The maximum atomic E-state index is 12.0. The van der Waals surface area contributed by atoms with E-state index in [1.54, 1.807) is 11.3 Å². The Labute approximate surface area is 139 Å². The molecule has 7 nitrogen and oxygen atoms in total. The van der Waals surface area contributed by atoms with Crippen LogP contribution in [-0.2, 0) is 14.3 Å². The lowest BCUT2D eigenvalue weighted by Gasteiger charge is -2.29. The first kappa shape index (κ1) is 16.1.